The average molecular weight is 732 g/mol. The van der Waals surface area contributed by atoms with Gasteiger partial charge < -0.3 is 14.0 Å². The second kappa shape index (κ2) is 11.5. The van der Waals surface area contributed by atoms with Gasteiger partial charge in [0.15, 0.2) is 0 Å². The smallest absolute Gasteiger partial charge is 0.486 e. The third-order valence-corrected chi connectivity index (χ3v) is 8.15. The molecule has 0 radical (unpaired) electrons. The first kappa shape index (κ1) is 28.6. The Labute approximate surface area is 258 Å². The molecule has 0 amide bonds. The second-order valence-corrected chi connectivity index (χ2v) is 11.1. The predicted octanol–water partition coefficient (Wildman–Crippen LogP) is 8.75. The van der Waals surface area contributed by atoms with Gasteiger partial charge in [-0.3, -0.25) is 0 Å². The van der Waals surface area contributed by atoms with Gasteiger partial charge in [0, 0.05) is 34.7 Å². The number of fused-ring (bicyclic) bond motifs is 4. The van der Waals surface area contributed by atoms with Crippen LogP contribution in [0.5, 0.6) is 0 Å². The van der Waals surface area contributed by atoms with Crippen molar-refractivity contribution < 1.29 is 29.1 Å². The SMILES string of the molecule is Cc1ccc2c(n1)oc1c(-c3nccc4ccsc34)[c-]ccc12.[CH2-]c1cc(C)ccc1-c1cc(C)c(C)c[n+]1[CH2-].[Ir+3]. The average Bonchev–Trinajstić information content (AvgIpc) is 3.56. The van der Waals surface area contributed by atoms with Crippen molar-refractivity contribution in [3.63, 3.8) is 0 Å². The molecule has 204 valence electrons. The third-order valence-electron chi connectivity index (χ3n) is 7.21. The monoisotopic (exact) mass is 732 g/mol. The number of furan rings is 1. The number of hydrogen-bond acceptors (Lipinski definition) is 4. The summed E-state index contributed by atoms with van der Waals surface area (Å²) in [4.78, 5) is 9.09. The van der Waals surface area contributed by atoms with E-state index in [9.17, 15) is 0 Å². The van der Waals surface area contributed by atoms with Crippen molar-refractivity contribution >= 4 is 43.5 Å². The summed E-state index contributed by atoms with van der Waals surface area (Å²) < 4.78 is 9.14. The standard InChI is InChI=1S/C19H11N2OS.C16H18N.Ir/c1-11-5-6-14-13-3-2-4-15(17(13)22-19(14)21-11)16-18-12(7-9-20-16)8-10-23-18;1-11-6-7-15(13(3)8-11)16-9-12(2)14(4)10-17(16)5;/h2-3,5-10H,1H3;6-10H,3,5H2,1-2,4H3;/q2*-1;+3. The normalized spacial score (nSPS) is 10.9. The van der Waals surface area contributed by atoms with E-state index in [2.05, 4.69) is 98.8 Å². The first-order valence-electron chi connectivity index (χ1n) is 13.1. The first-order chi connectivity index (χ1) is 19.3. The molecule has 7 aromatic rings. The van der Waals surface area contributed by atoms with Gasteiger partial charge in [-0.05, 0) is 61.4 Å². The Balaban J connectivity index is 0.000000169. The zero-order chi connectivity index (χ0) is 28.0. The molecule has 4 nitrogen and oxygen atoms in total. The van der Waals surface area contributed by atoms with Crippen LogP contribution >= 0.6 is 11.3 Å². The topological polar surface area (TPSA) is 42.8 Å². The van der Waals surface area contributed by atoms with Gasteiger partial charge in [0.2, 0.25) is 5.71 Å². The summed E-state index contributed by atoms with van der Waals surface area (Å²) in [5.74, 6) is 0. The first-order valence-corrected chi connectivity index (χ1v) is 14.0. The zero-order valence-electron chi connectivity index (χ0n) is 23.4. The Morgan fingerprint density at radius 2 is 1.76 bits per heavy atom. The summed E-state index contributed by atoms with van der Waals surface area (Å²) in [5.41, 5.74) is 11.3. The van der Waals surface area contributed by atoms with Crippen molar-refractivity contribution in [3.8, 4) is 22.5 Å². The summed E-state index contributed by atoms with van der Waals surface area (Å²) in [7, 11) is 4.05. The molecule has 0 spiro atoms. The zero-order valence-corrected chi connectivity index (χ0v) is 26.6. The number of aromatic nitrogens is 3. The number of thiophene rings is 1. The largest absolute Gasteiger partial charge is 3.00 e. The number of nitrogens with zero attached hydrogens (tertiary/aromatic N) is 3. The van der Waals surface area contributed by atoms with Gasteiger partial charge in [-0.25, -0.2) is 4.98 Å². The molecule has 0 aliphatic carbocycles. The molecular formula is C35H29IrN3OS+. The minimum Gasteiger partial charge on any atom is -0.486 e. The van der Waals surface area contributed by atoms with Crippen LogP contribution < -0.4 is 4.57 Å². The summed E-state index contributed by atoms with van der Waals surface area (Å²) in [5, 5.41) is 5.35. The molecule has 0 atom stereocenters. The molecule has 0 aliphatic rings. The van der Waals surface area contributed by atoms with E-state index in [0.29, 0.717) is 5.71 Å². The second-order valence-electron chi connectivity index (χ2n) is 10.2. The van der Waals surface area contributed by atoms with E-state index in [1.807, 2.05) is 42.0 Å². The number of benzene rings is 2. The van der Waals surface area contributed by atoms with Crippen molar-refractivity contribution in [1.29, 1.82) is 0 Å². The molecule has 5 heterocycles. The third kappa shape index (κ3) is 5.39. The molecular weight excluding hydrogens is 703 g/mol. The predicted molar refractivity (Wildman–Crippen MR) is 165 cm³/mol. The molecule has 0 saturated carbocycles. The van der Waals surface area contributed by atoms with Gasteiger partial charge in [-0.1, -0.05) is 35.6 Å². The molecule has 0 N–H and O–H groups in total. The van der Waals surface area contributed by atoms with E-state index < -0.39 is 0 Å². The van der Waals surface area contributed by atoms with Gasteiger partial charge in [0.05, 0.1) is 17.5 Å². The van der Waals surface area contributed by atoms with Crippen molar-refractivity contribution in [2.24, 2.45) is 0 Å². The van der Waals surface area contributed by atoms with E-state index >= 15 is 0 Å². The van der Waals surface area contributed by atoms with Crippen LogP contribution in [0.4, 0.5) is 0 Å². The molecule has 0 fully saturated rings. The van der Waals surface area contributed by atoms with Crippen LogP contribution in [0.2, 0.25) is 0 Å². The van der Waals surface area contributed by atoms with Crippen LogP contribution in [0.15, 0.2) is 82.9 Å². The van der Waals surface area contributed by atoms with E-state index in [1.165, 1.54) is 22.1 Å². The summed E-state index contributed by atoms with van der Waals surface area (Å²) in [6, 6.07) is 24.0. The van der Waals surface area contributed by atoms with Crippen LogP contribution in [0.25, 0.3) is 54.7 Å². The fraction of sp³-hybridized carbons (Fsp3) is 0.114. The van der Waals surface area contributed by atoms with Crippen LogP contribution in [-0.2, 0) is 20.1 Å². The summed E-state index contributed by atoms with van der Waals surface area (Å²) in [6.45, 7) is 12.4. The van der Waals surface area contributed by atoms with E-state index in [1.54, 1.807) is 11.3 Å². The fourth-order valence-corrected chi connectivity index (χ4v) is 5.86. The van der Waals surface area contributed by atoms with Gasteiger partial charge in [0.1, 0.15) is 0 Å². The van der Waals surface area contributed by atoms with Gasteiger partial charge in [-0.15, -0.1) is 35.4 Å². The van der Waals surface area contributed by atoms with Crippen LogP contribution in [0, 0.1) is 47.7 Å². The summed E-state index contributed by atoms with van der Waals surface area (Å²) in [6.07, 6.45) is 3.89. The van der Waals surface area contributed by atoms with Gasteiger partial charge in [-0.2, -0.15) is 29.9 Å². The Morgan fingerprint density at radius 1 is 0.927 bits per heavy atom. The quantitative estimate of drug-likeness (QED) is 0.132. The molecule has 41 heavy (non-hydrogen) atoms. The Bertz CT molecular complexity index is 2040. The van der Waals surface area contributed by atoms with Crippen molar-refractivity contribution in [2.45, 2.75) is 27.7 Å². The molecule has 0 aliphatic heterocycles. The number of aryl methyl sites for hydroxylation is 4. The van der Waals surface area contributed by atoms with Crippen LogP contribution in [0.1, 0.15) is 27.9 Å². The molecule has 0 bridgehead atoms. The molecule has 7 rings (SSSR count). The van der Waals surface area contributed by atoms with Crippen LogP contribution in [0.3, 0.4) is 0 Å². The van der Waals surface area contributed by atoms with Gasteiger partial charge >= 0.3 is 20.1 Å². The Hall–Kier alpha value is -3.96. The molecule has 5 aromatic heterocycles. The Morgan fingerprint density at radius 3 is 2.56 bits per heavy atom. The maximum absolute atomic E-state index is 6.07. The van der Waals surface area contributed by atoms with Gasteiger partial charge in [0.25, 0.3) is 0 Å². The number of rotatable bonds is 2. The minimum atomic E-state index is 0. The van der Waals surface area contributed by atoms with Crippen LogP contribution in [-0.4, -0.2) is 9.97 Å². The number of pyridine rings is 3. The maximum Gasteiger partial charge on any atom is 3.00 e. The summed E-state index contributed by atoms with van der Waals surface area (Å²) >= 11 is 1.69. The Kier molecular flexibility index (Phi) is 8.01. The molecule has 6 heteroatoms. The number of hydrogen-bond donors (Lipinski definition) is 0. The fourth-order valence-electron chi connectivity index (χ4n) is 4.97. The van der Waals surface area contributed by atoms with E-state index in [0.717, 1.165) is 54.8 Å². The maximum atomic E-state index is 6.07. The van der Waals surface area contributed by atoms with Crippen molar-refractivity contribution in [1.82, 2.24) is 9.97 Å². The molecule has 0 unspecified atom stereocenters. The van der Waals surface area contributed by atoms with Crippen molar-refractivity contribution in [2.75, 3.05) is 0 Å². The van der Waals surface area contributed by atoms with E-state index in [-0.39, 0.29) is 20.1 Å². The minimum absolute atomic E-state index is 0. The molecule has 2 aromatic carbocycles. The molecule has 0 saturated heterocycles. The van der Waals surface area contributed by atoms with E-state index in [4.69, 9.17) is 4.42 Å². The van der Waals surface area contributed by atoms with Crippen molar-refractivity contribution in [3.05, 3.63) is 126 Å².